The summed E-state index contributed by atoms with van der Waals surface area (Å²) in [7, 11) is 0. The van der Waals surface area contributed by atoms with E-state index < -0.39 is 0 Å². The first-order chi connectivity index (χ1) is 6.64. The van der Waals surface area contributed by atoms with E-state index in [1.54, 1.807) is 0 Å². The first kappa shape index (κ1) is 14.2. The van der Waals surface area contributed by atoms with Gasteiger partial charge in [0.25, 0.3) is 0 Å². The Kier molecular flexibility index (Phi) is 4.57. The summed E-state index contributed by atoms with van der Waals surface area (Å²) in [5.41, 5.74) is 5.44. The lowest BCUT2D eigenvalue weighted by Gasteiger charge is -2.41. The summed E-state index contributed by atoms with van der Waals surface area (Å²) in [5, 5.41) is 0. The molecule has 0 fully saturated rings. The van der Waals surface area contributed by atoms with Crippen molar-refractivity contribution in [1.29, 1.82) is 0 Å². The van der Waals surface area contributed by atoms with E-state index in [0.29, 0.717) is 0 Å². The maximum absolute atomic E-state index is 11.1. The maximum Gasteiger partial charge on any atom is 0.220 e. The molecule has 0 saturated carbocycles. The molecule has 0 aromatic rings. The fourth-order valence-corrected chi connectivity index (χ4v) is 1.77. The van der Waals surface area contributed by atoms with Crippen LogP contribution in [-0.4, -0.2) is 5.91 Å². The van der Waals surface area contributed by atoms with Crippen molar-refractivity contribution >= 4 is 5.91 Å². The van der Waals surface area contributed by atoms with Gasteiger partial charge in [0.05, 0.1) is 0 Å². The topological polar surface area (TPSA) is 43.1 Å². The third-order valence-corrected chi connectivity index (χ3v) is 3.63. The Hall–Kier alpha value is -0.790. The van der Waals surface area contributed by atoms with Gasteiger partial charge in [-0.2, -0.15) is 0 Å². The monoisotopic (exact) mass is 211 g/mol. The van der Waals surface area contributed by atoms with Gasteiger partial charge in [0.2, 0.25) is 5.91 Å². The molecule has 0 spiro atoms. The van der Waals surface area contributed by atoms with Crippen LogP contribution >= 0.6 is 0 Å². The van der Waals surface area contributed by atoms with Crippen molar-refractivity contribution in [1.82, 2.24) is 0 Å². The number of nitrogens with two attached hydrogens (primary N) is 1. The minimum Gasteiger partial charge on any atom is -0.369 e. The summed E-state index contributed by atoms with van der Waals surface area (Å²) < 4.78 is 0. The van der Waals surface area contributed by atoms with E-state index in [0.717, 1.165) is 6.42 Å². The molecular formula is C13H25NO. The van der Waals surface area contributed by atoms with Gasteiger partial charge in [0.1, 0.15) is 0 Å². The molecule has 0 heterocycles. The molecule has 1 atom stereocenters. The molecule has 2 heteroatoms. The molecule has 2 N–H and O–H groups in total. The molecule has 0 radical (unpaired) electrons. The third-order valence-electron chi connectivity index (χ3n) is 3.63. The van der Waals surface area contributed by atoms with E-state index in [1.807, 2.05) is 13.8 Å². The molecule has 1 amide bonds. The molecular weight excluding hydrogens is 186 g/mol. The minimum atomic E-state index is -0.209. The number of carbonyl (C=O) groups excluding carboxylic acids is 1. The Morgan fingerprint density at radius 3 is 2.13 bits per heavy atom. The van der Waals surface area contributed by atoms with Crippen LogP contribution in [0, 0.1) is 16.7 Å². The summed E-state index contributed by atoms with van der Waals surface area (Å²) in [6.45, 7) is 12.7. The molecule has 0 rings (SSSR count). The zero-order chi connectivity index (χ0) is 12.3. The second-order valence-electron chi connectivity index (χ2n) is 5.61. The van der Waals surface area contributed by atoms with Crippen LogP contribution in [0.3, 0.4) is 0 Å². The van der Waals surface area contributed by atoms with Crippen molar-refractivity contribution < 1.29 is 4.79 Å². The van der Waals surface area contributed by atoms with Gasteiger partial charge in [-0.3, -0.25) is 4.79 Å². The summed E-state index contributed by atoms with van der Waals surface area (Å²) in [4.78, 5) is 11.1. The first-order valence-electron chi connectivity index (χ1n) is 5.57. The lowest BCUT2D eigenvalue weighted by molar-refractivity contribution is -0.122. The summed E-state index contributed by atoms with van der Waals surface area (Å²) in [6, 6.07) is 0. The zero-order valence-electron chi connectivity index (χ0n) is 10.9. The molecule has 0 aliphatic carbocycles. The van der Waals surface area contributed by atoms with Crippen molar-refractivity contribution in [3.05, 3.63) is 12.2 Å². The number of rotatable bonds is 5. The molecule has 0 aliphatic heterocycles. The van der Waals surface area contributed by atoms with Crippen LogP contribution in [0.25, 0.3) is 0 Å². The fraction of sp³-hybridized carbons (Fsp3) is 0.769. The highest BCUT2D eigenvalue weighted by atomic mass is 16.1. The van der Waals surface area contributed by atoms with Crippen molar-refractivity contribution in [2.24, 2.45) is 22.5 Å². The van der Waals surface area contributed by atoms with Gasteiger partial charge < -0.3 is 5.73 Å². The van der Waals surface area contributed by atoms with Crippen LogP contribution < -0.4 is 5.73 Å². The second kappa shape index (κ2) is 4.82. The molecule has 2 nitrogen and oxygen atoms in total. The first-order valence-corrected chi connectivity index (χ1v) is 5.57. The molecule has 0 aliphatic rings. The highest BCUT2D eigenvalue weighted by Gasteiger charge is 2.36. The predicted molar refractivity (Wildman–Crippen MR) is 65.4 cm³/mol. The molecule has 1 unspecified atom stereocenters. The van der Waals surface area contributed by atoms with Crippen LogP contribution in [0.5, 0.6) is 0 Å². The van der Waals surface area contributed by atoms with Crippen molar-refractivity contribution in [2.45, 2.75) is 48.0 Å². The highest BCUT2D eigenvalue weighted by molar-refractivity contribution is 5.76. The number of carbonyl (C=O) groups is 1. The van der Waals surface area contributed by atoms with E-state index in [9.17, 15) is 4.79 Å². The Bertz CT molecular complexity index is 251. The molecule has 0 aromatic heterocycles. The maximum atomic E-state index is 11.1. The summed E-state index contributed by atoms with van der Waals surface area (Å²) in [5.74, 6) is -0.274. The van der Waals surface area contributed by atoms with E-state index in [1.165, 1.54) is 0 Å². The van der Waals surface area contributed by atoms with Gasteiger partial charge in [0, 0.05) is 5.92 Å². The Morgan fingerprint density at radius 2 is 1.80 bits per heavy atom. The average molecular weight is 211 g/mol. The summed E-state index contributed by atoms with van der Waals surface area (Å²) >= 11 is 0. The Morgan fingerprint density at radius 1 is 1.33 bits per heavy atom. The van der Waals surface area contributed by atoms with Crippen molar-refractivity contribution in [3.8, 4) is 0 Å². The van der Waals surface area contributed by atoms with Crippen molar-refractivity contribution in [2.75, 3.05) is 0 Å². The van der Waals surface area contributed by atoms with E-state index >= 15 is 0 Å². The van der Waals surface area contributed by atoms with E-state index in [2.05, 4.69) is 39.8 Å². The Balaban J connectivity index is 4.74. The number of amides is 1. The lowest BCUT2D eigenvalue weighted by atomic mass is 9.64. The quantitative estimate of drug-likeness (QED) is 0.698. The van der Waals surface area contributed by atoms with Crippen LogP contribution in [0.2, 0.25) is 0 Å². The molecule has 0 aromatic carbocycles. The minimum absolute atomic E-state index is 0.0634. The number of hydrogen-bond donors (Lipinski definition) is 1. The largest absolute Gasteiger partial charge is 0.369 e. The van der Waals surface area contributed by atoms with Gasteiger partial charge in [-0.25, -0.2) is 0 Å². The number of allylic oxidation sites excluding steroid dienone is 2. The molecule has 88 valence electrons. The van der Waals surface area contributed by atoms with Crippen LogP contribution in [0.4, 0.5) is 0 Å². The van der Waals surface area contributed by atoms with Gasteiger partial charge in [-0.15, -0.1) is 0 Å². The standard InChI is InChI=1S/C13H25NO/c1-7-8-12(3,4)13(5,6)9-10(2)11(14)15/h7-8,10H,9H2,1-6H3,(H2,14,15)/b8-7+. The fourth-order valence-electron chi connectivity index (χ4n) is 1.77. The van der Waals surface area contributed by atoms with Gasteiger partial charge in [0.15, 0.2) is 0 Å². The van der Waals surface area contributed by atoms with Gasteiger partial charge in [-0.1, -0.05) is 46.8 Å². The van der Waals surface area contributed by atoms with Crippen LogP contribution in [0.1, 0.15) is 48.0 Å². The van der Waals surface area contributed by atoms with E-state index in [-0.39, 0.29) is 22.7 Å². The highest BCUT2D eigenvalue weighted by Crippen LogP contribution is 2.44. The van der Waals surface area contributed by atoms with Crippen LogP contribution in [-0.2, 0) is 4.79 Å². The normalized spacial score (nSPS) is 15.6. The predicted octanol–water partition coefficient (Wildman–Crippen LogP) is 3.13. The van der Waals surface area contributed by atoms with Crippen LogP contribution in [0.15, 0.2) is 12.2 Å². The number of hydrogen-bond acceptors (Lipinski definition) is 1. The van der Waals surface area contributed by atoms with Gasteiger partial charge in [-0.05, 0) is 24.2 Å². The average Bonchev–Trinajstić information content (AvgIpc) is 2.02. The molecule has 0 saturated heterocycles. The molecule has 15 heavy (non-hydrogen) atoms. The second-order valence-corrected chi connectivity index (χ2v) is 5.61. The summed E-state index contributed by atoms with van der Waals surface area (Å²) in [6.07, 6.45) is 5.08. The SMILES string of the molecule is C/C=C/C(C)(C)C(C)(C)CC(C)C(N)=O. The van der Waals surface area contributed by atoms with Gasteiger partial charge >= 0.3 is 0 Å². The molecule has 0 bridgehead atoms. The smallest absolute Gasteiger partial charge is 0.220 e. The van der Waals surface area contributed by atoms with Crippen molar-refractivity contribution in [3.63, 3.8) is 0 Å². The Labute approximate surface area is 93.9 Å². The third kappa shape index (κ3) is 3.69. The zero-order valence-corrected chi connectivity index (χ0v) is 10.9. The van der Waals surface area contributed by atoms with E-state index in [4.69, 9.17) is 5.73 Å². The number of primary amides is 1. The lowest BCUT2D eigenvalue weighted by Crippen LogP contribution is -2.35.